The monoisotopic (exact) mass is 283 g/mol. The molecule has 1 aromatic rings. The SMILES string of the molecule is CCCC(C#N)CC.Cc1ccc(S(=O)(=O)O)cc1. The van der Waals surface area contributed by atoms with Gasteiger partial charge in [-0.2, -0.15) is 13.7 Å². The molecule has 0 heterocycles. The Morgan fingerprint density at radius 3 is 2.05 bits per heavy atom. The molecule has 0 amide bonds. The number of aryl methyl sites for hydroxylation is 1. The quantitative estimate of drug-likeness (QED) is 0.857. The Balaban J connectivity index is 0.000000362. The van der Waals surface area contributed by atoms with E-state index in [1.807, 2.05) is 6.92 Å². The second-order valence-corrected chi connectivity index (χ2v) is 5.73. The van der Waals surface area contributed by atoms with Gasteiger partial charge in [0.2, 0.25) is 0 Å². The van der Waals surface area contributed by atoms with E-state index in [1.165, 1.54) is 12.1 Å². The molecule has 106 valence electrons. The molecule has 0 aromatic heterocycles. The van der Waals surface area contributed by atoms with E-state index in [9.17, 15) is 8.42 Å². The van der Waals surface area contributed by atoms with Crippen LogP contribution in [0.15, 0.2) is 29.2 Å². The Labute approximate surface area is 115 Å². The minimum atomic E-state index is -4.02. The second kappa shape index (κ2) is 8.68. The maximum Gasteiger partial charge on any atom is 0.294 e. The minimum Gasteiger partial charge on any atom is -0.282 e. The third kappa shape index (κ3) is 7.60. The van der Waals surface area contributed by atoms with E-state index in [-0.39, 0.29) is 4.90 Å². The van der Waals surface area contributed by atoms with Gasteiger partial charge in [-0.25, -0.2) is 0 Å². The van der Waals surface area contributed by atoms with Gasteiger partial charge in [-0.1, -0.05) is 38.0 Å². The number of nitrogens with zero attached hydrogens (tertiary/aromatic N) is 1. The fourth-order valence-corrected chi connectivity index (χ4v) is 1.90. The molecule has 1 atom stereocenters. The summed E-state index contributed by atoms with van der Waals surface area (Å²) < 4.78 is 29.6. The summed E-state index contributed by atoms with van der Waals surface area (Å²) in [5.74, 6) is 0.306. The molecule has 4 nitrogen and oxygen atoms in total. The van der Waals surface area contributed by atoms with Gasteiger partial charge in [0.25, 0.3) is 10.1 Å². The van der Waals surface area contributed by atoms with Gasteiger partial charge >= 0.3 is 0 Å². The van der Waals surface area contributed by atoms with Gasteiger partial charge in [-0.05, 0) is 31.9 Å². The average Bonchev–Trinajstić information content (AvgIpc) is 2.36. The fraction of sp³-hybridized carbons (Fsp3) is 0.500. The van der Waals surface area contributed by atoms with Crippen LogP contribution in [0, 0.1) is 24.2 Å². The number of hydrogen-bond acceptors (Lipinski definition) is 3. The van der Waals surface area contributed by atoms with Crippen molar-refractivity contribution in [3.8, 4) is 6.07 Å². The number of hydrogen-bond donors (Lipinski definition) is 1. The zero-order chi connectivity index (χ0) is 14.9. The van der Waals surface area contributed by atoms with Crippen LogP contribution in [0.3, 0.4) is 0 Å². The Morgan fingerprint density at radius 1 is 1.26 bits per heavy atom. The number of rotatable bonds is 4. The van der Waals surface area contributed by atoms with Gasteiger partial charge in [-0.15, -0.1) is 0 Å². The Bertz CT molecular complexity index is 500. The van der Waals surface area contributed by atoms with Crippen molar-refractivity contribution in [2.75, 3.05) is 0 Å². The van der Waals surface area contributed by atoms with Crippen molar-refractivity contribution < 1.29 is 13.0 Å². The highest BCUT2D eigenvalue weighted by molar-refractivity contribution is 7.85. The van der Waals surface area contributed by atoms with Gasteiger partial charge in [-0.3, -0.25) is 4.55 Å². The lowest BCUT2D eigenvalue weighted by molar-refractivity contribution is 0.483. The van der Waals surface area contributed by atoms with Gasteiger partial charge < -0.3 is 0 Å². The van der Waals surface area contributed by atoms with E-state index >= 15 is 0 Å². The van der Waals surface area contributed by atoms with Gasteiger partial charge in [0.1, 0.15) is 0 Å². The van der Waals surface area contributed by atoms with E-state index in [0.29, 0.717) is 5.92 Å². The van der Waals surface area contributed by atoms with E-state index in [2.05, 4.69) is 19.9 Å². The van der Waals surface area contributed by atoms with Crippen molar-refractivity contribution in [1.82, 2.24) is 0 Å². The van der Waals surface area contributed by atoms with Crippen molar-refractivity contribution in [2.24, 2.45) is 5.92 Å². The Hall–Kier alpha value is -1.38. The van der Waals surface area contributed by atoms with Crippen LogP contribution in [0.25, 0.3) is 0 Å². The molecule has 0 spiro atoms. The average molecular weight is 283 g/mol. The lowest BCUT2D eigenvalue weighted by Gasteiger charge is -1.99. The summed E-state index contributed by atoms with van der Waals surface area (Å²) in [6, 6.07) is 8.24. The standard InChI is InChI=1S/C7H13N.C7H8O3S/c1-3-5-7(4-2)6-8;1-6-2-4-7(5-3-6)11(8,9)10/h7H,3-5H2,1-2H3;2-5H,1H3,(H,8,9,10). The van der Waals surface area contributed by atoms with Crippen LogP contribution in [0.5, 0.6) is 0 Å². The Kier molecular flexibility index (Phi) is 8.05. The molecule has 0 aliphatic carbocycles. The molecule has 1 rings (SSSR count). The van der Waals surface area contributed by atoms with Crippen LogP contribution >= 0.6 is 0 Å². The first-order valence-corrected chi connectivity index (χ1v) is 7.72. The van der Waals surface area contributed by atoms with Crippen LogP contribution in [-0.2, 0) is 10.1 Å². The zero-order valence-electron chi connectivity index (χ0n) is 11.6. The number of nitriles is 1. The zero-order valence-corrected chi connectivity index (χ0v) is 12.4. The lowest BCUT2D eigenvalue weighted by Crippen LogP contribution is -1.96. The summed E-state index contributed by atoms with van der Waals surface area (Å²) in [6.45, 7) is 6.01. The molecule has 0 radical (unpaired) electrons. The second-order valence-electron chi connectivity index (χ2n) is 4.31. The molecule has 1 unspecified atom stereocenters. The van der Waals surface area contributed by atoms with Crippen molar-refractivity contribution in [3.63, 3.8) is 0 Å². The summed E-state index contributed by atoms with van der Waals surface area (Å²) in [5, 5.41) is 8.41. The summed E-state index contributed by atoms with van der Waals surface area (Å²) in [7, 11) is -4.02. The summed E-state index contributed by atoms with van der Waals surface area (Å²) in [5.41, 5.74) is 0.956. The van der Waals surface area contributed by atoms with Crippen LogP contribution in [0.2, 0.25) is 0 Å². The molecule has 1 N–H and O–H groups in total. The van der Waals surface area contributed by atoms with Crippen LogP contribution < -0.4 is 0 Å². The maximum absolute atomic E-state index is 10.5. The molecular formula is C14H21NO3S. The van der Waals surface area contributed by atoms with Crippen LogP contribution in [-0.4, -0.2) is 13.0 Å². The van der Waals surface area contributed by atoms with E-state index in [1.54, 1.807) is 12.1 Å². The molecule has 0 bridgehead atoms. The highest BCUT2D eigenvalue weighted by Gasteiger charge is 2.06. The molecule has 5 heteroatoms. The first-order valence-electron chi connectivity index (χ1n) is 6.28. The molecule has 1 aromatic carbocycles. The van der Waals surface area contributed by atoms with Gasteiger partial charge in [0, 0.05) is 5.92 Å². The minimum absolute atomic E-state index is 0.0666. The van der Waals surface area contributed by atoms with Crippen molar-refractivity contribution in [2.45, 2.75) is 44.9 Å². The highest BCUT2D eigenvalue weighted by atomic mass is 32.2. The topological polar surface area (TPSA) is 78.2 Å². The highest BCUT2D eigenvalue weighted by Crippen LogP contribution is 2.08. The summed E-state index contributed by atoms with van der Waals surface area (Å²) >= 11 is 0. The first kappa shape index (κ1) is 17.6. The molecule has 0 saturated carbocycles. The largest absolute Gasteiger partial charge is 0.294 e. The van der Waals surface area contributed by atoms with Crippen molar-refractivity contribution in [3.05, 3.63) is 29.8 Å². The van der Waals surface area contributed by atoms with Crippen LogP contribution in [0.1, 0.15) is 38.7 Å². The van der Waals surface area contributed by atoms with E-state index in [0.717, 1.165) is 24.8 Å². The van der Waals surface area contributed by atoms with E-state index < -0.39 is 10.1 Å². The fourth-order valence-electron chi connectivity index (χ4n) is 1.42. The third-order valence-electron chi connectivity index (χ3n) is 2.63. The number of benzene rings is 1. The lowest BCUT2D eigenvalue weighted by atomic mass is 10.0. The predicted octanol–water partition coefficient (Wildman–Crippen LogP) is 3.58. The first-order chi connectivity index (χ1) is 8.85. The molecule has 0 aliphatic heterocycles. The van der Waals surface area contributed by atoms with Crippen molar-refractivity contribution >= 4 is 10.1 Å². The van der Waals surface area contributed by atoms with E-state index in [4.69, 9.17) is 9.81 Å². The Morgan fingerprint density at radius 2 is 1.79 bits per heavy atom. The third-order valence-corrected chi connectivity index (χ3v) is 3.50. The predicted molar refractivity (Wildman–Crippen MR) is 75.3 cm³/mol. The summed E-state index contributed by atoms with van der Waals surface area (Å²) in [6.07, 6.45) is 3.20. The molecule has 0 saturated heterocycles. The van der Waals surface area contributed by atoms with Crippen molar-refractivity contribution in [1.29, 1.82) is 5.26 Å². The van der Waals surface area contributed by atoms with Crippen LogP contribution in [0.4, 0.5) is 0 Å². The molecule has 19 heavy (non-hydrogen) atoms. The maximum atomic E-state index is 10.5. The van der Waals surface area contributed by atoms with Gasteiger partial charge in [0.15, 0.2) is 0 Å². The molecule has 0 fully saturated rings. The normalized spacial score (nSPS) is 11.9. The smallest absolute Gasteiger partial charge is 0.282 e. The molecular weight excluding hydrogens is 262 g/mol. The summed E-state index contributed by atoms with van der Waals surface area (Å²) in [4.78, 5) is -0.0666. The van der Waals surface area contributed by atoms with Gasteiger partial charge in [0.05, 0.1) is 11.0 Å². The molecule has 0 aliphatic rings.